The molecule has 0 spiro atoms. The van der Waals surface area contributed by atoms with Crippen LogP contribution in [0.4, 0.5) is 0 Å². The van der Waals surface area contributed by atoms with Gasteiger partial charge in [-0.2, -0.15) is 5.26 Å². The molecule has 3 heterocycles. The Bertz CT molecular complexity index is 2300. The summed E-state index contributed by atoms with van der Waals surface area (Å²) in [5.74, 6) is 0. The molecule has 8 aromatic rings. The van der Waals surface area contributed by atoms with Gasteiger partial charge in [0.2, 0.25) is 0 Å². The van der Waals surface area contributed by atoms with E-state index >= 15 is 0 Å². The minimum Gasteiger partial charge on any atom is -0.456 e. The van der Waals surface area contributed by atoms with Crippen LogP contribution in [0.25, 0.3) is 71.7 Å². The maximum atomic E-state index is 9.59. The van der Waals surface area contributed by atoms with E-state index in [-0.39, 0.29) is 0 Å². The first-order chi connectivity index (χ1) is 19.8. The zero-order chi connectivity index (χ0) is 26.6. The third-order valence-electron chi connectivity index (χ3n) is 7.73. The number of nitrogens with zero attached hydrogens (tertiary/aromatic N) is 3. The Balaban J connectivity index is 1.35. The van der Waals surface area contributed by atoms with Gasteiger partial charge in [-0.25, -0.2) is 0 Å². The predicted molar refractivity (Wildman–Crippen MR) is 161 cm³/mol. The zero-order valence-electron chi connectivity index (χ0n) is 21.4. The molecule has 5 aromatic carbocycles. The van der Waals surface area contributed by atoms with Crippen molar-refractivity contribution < 1.29 is 4.42 Å². The summed E-state index contributed by atoms with van der Waals surface area (Å²) in [6, 6.07) is 42.2. The highest BCUT2D eigenvalue weighted by Gasteiger charge is 2.18. The van der Waals surface area contributed by atoms with Crippen LogP contribution in [0.3, 0.4) is 0 Å². The van der Waals surface area contributed by atoms with Crippen LogP contribution in [-0.2, 0) is 0 Å². The van der Waals surface area contributed by atoms with Gasteiger partial charge >= 0.3 is 0 Å². The zero-order valence-corrected chi connectivity index (χ0v) is 21.4. The van der Waals surface area contributed by atoms with Gasteiger partial charge in [-0.1, -0.05) is 66.7 Å². The molecule has 0 unspecified atom stereocenters. The largest absolute Gasteiger partial charge is 0.456 e. The van der Waals surface area contributed by atoms with E-state index in [0.29, 0.717) is 5.56 Å². The first-order valence-corrected chi connectivity index (χ1v) is 13.2. The number of hydrogen-bond acceptors (Lipinski definition) is 3. The fourth-order valence-electron chi connectivity index (χ4n) is 5.98. The molecule has 186 valence electrons. The van der Waals surface area contributed by atoms with E-state index in [1.54, 1.807) is 12.4 Å². The summed E-state index contributed by atoms with van der Waals surface area (Å²) >= 11 is 0. The predicted octanol–water partition coefficient (Wildman–Crippen LogP) is 9.28. The van der Waals surface area contributed by atoms with Gasteiger partial charge in [-0.15, -0.1) is 0 Å². The van der Waals surface area contributed by atoms with Crippen LogP contribution in [0.5, 0.6) is 0 Å². The number of fused-ring (bicyclic) bond motifs is 7. The van der Waals surface area contributed by atoms with Crippen molar-refractivity contribution in [3.05, 3.63) is 133 Å². The van der Waals surface area contributed by atoms with Gasteiger partial charge < -0.3 is 8.98 Å². The van der Waals surface area contributed by atoms with E-state index in [0.717, 1.165) is 60.9 Å². The number of aromatic nitrogens is 2. The molecule has 0 saturated heterocycles. The Morgan fingerprint density at radius 3 is 2.30 bits per heavy atom. The van der Waals surface area contributed by atoms with Gasteiger partial charge in [0.05, 0.1) is 16.6 Å². The van der Waals surface area contributed by atoms with Gasteiger partial charge in [0.1, 0.15) is 17.2 Å². The van der Waals surface area contributed by atoms with Crippen LogP contribution in [-0.4, -0.2) is 9.55 Å². The summed E-state index contributed by atoms with van der Waals surface area (Å²) < 4.78 is 8.58. The van der Waals surface area contributed by atoms with E-state index in [1.165, 1.54) is 10.8 Å². The number of benzene rings is 5. The van der Waals surface area contributed by atoms with Crippen molar-refractivity contribution in [1.82, 2.24) is 9.55 Å². The lowest BCUT2D eigenvalue weighted by atomic mass is 9.97. The Hall–Kier alpha value is -5.66. The average molecular weight is 512 g/mol. The SMILES string of the molecule is N#Cc1cnccc1-c1cccc(-c2cccc(-n3c4ccccc4c4c5c(ccc43)oc3ccccc35)c2)c1. The fraction of sp³-hybridized carbons (Fsp3) is 0. The Labute approximate surface area is 230 Å². The molecule has 3 aromatic heterocycles. The van der Waals surface area contributed by atoms with Crippen LogP contribution in [0.1, 0.15) is 5.56 Å². The van der Waals surface area contributed by atoms with Crippen LogP contribution in [0.15, 0.2) is 132 Å². The molecule has 0 atom stereocenters. The lowest BCUT2D eigenvalue weighted by Gasteiger charge is -2.11. The number of nitriles is 1. The van der Waals surface area contributed by atoms with Crippen LogP contribution in [0, 0.1) is 11.3 Å². The minimum absolute atomic E-state index is 0.566. The Kier molecular flexibility index (Phi) is 4.85. The van der Waals surface area contributed by atoms with Gasteiger partial charge in [-0.3, -0.25) is 4.98 Å². The molecule has 0 saturated carbocycles. The number of pyridine rings is 1. The third-order valence-corrected chi connectivity index (χ3v) is 7.73. The molecule has 0 radical (unpaired) electrons. The van der Waals surface area contributed by atoms with Crippen LogP contribution >= 0.6 is 0 Å². The van der Waals surface area contributed by atoms with Gasteiger partial charge in [-0.05, 0) is 65.2 Å². The lowest BCUT2D eigenvalue weighted by molar-refractivity contribution is 0.669. The molecule has 0 N–H and O–H groups in total. The normalized spacial score (nSPS) is 11.5. The van der Waals surface area contributed by atoms with Crippen molar-refractivity contribution in [2.45, 2.75) is 0 Å². The quantitative estimate of drug-likeness (QED) is 0.237. The maximum Gasteiger partial charge on any atom is 0.136 e. The molecule has 4 heteroatoms. The molecule has 4 nitrogen and oxygen atoms in total. The summed E-state index contributed by atoms with van der Waals surface area (Å²) in [4.78, 5) is 4.11. The van der Waals surface area contributed by atoms with Crippen molar-refractivity contribution in [2.24, 2.45) is 0 Å². The number of para-hydroxylation sites is 2. The average Bonchev–Trinajstić information content (AvgIpc) is 3.57. The molecule has 0 aliphatic rings. The second-order valence-corrected chi connectivity index (χ2v) is 9.95. The Morgan fingerprint density at radius 1 is 0.625 bits per heavy atom. The van der Waals surface area contributed by atoms with Crippen molar-refractivity contribution in [2.75, 3.05) is 0 Å². The van der Waals surface area contributed by atoms with Crippen LogP contribution < -0.4 is 0 Å². The van der Waals surface area contributed by atoms with Gasteiger partial charge in [0.25, 0.3) is 0 Å². The molecule has 0 fully saturated rings. The highest BCUT2D eigenvalue weighted by atomic mass is 16.3. The molecule has 8 rings (SSSR count). The van der Waals surface area contributed by atoms with Gasteiger partial charge in [0, 0.05) is 45.2 Å². The second kappa shape index (κ2) is 8.69. The van der Waals surface area contributed by atoms with E-state index < -0.39 is 0 Å². The van der Waals surface area contributed by atoms with E-state index in [9.17, 15) is 5.26 Å². The Morgan fingerprint density at radius 2 is 1.40 bits per heavy atom. The number of hydrogen-bond donors (Lipinski definition) is 0. The number of rotatable bonds is 3. The van der Waals surface area contributed by atoms with Crippen molar-refractivity contribution in [3.8, 4) is 34.0 Å². The molecular formula is C36H21N3O. The summed E-state index contributed by atoms with van der Waals surface area (Å²) in [5.41, 5.74) is 9.81. The first-order valence-electron chi connectivity index (χ1n) is 13.2. The maximum absolute atomic E-state index is 9.59. The monoisotopic (exact) mass is 511 g/mol. The summed E-state index contributed by atoms with van der Waals surface area (Å²) in [6.07, 6.45) is 3.34. The van der Waals surface area contributed by atoms with E-state index in [4.69, 9.17) is 4.42 Å². The summed E-state index contributed by atoms with van der Waals surface area (Å²) in [5, 5.41) is 14.3. The number of furan rings is 1. The van der Waals surface area contributed by atoms with Gasteiger partial charge in [0.15, 0.2) is 0 Å². The lowest BCUT2D eigenvalue weighted by Crippen LogP contribution is -1.94. The third kappa shape index (κ3) is 3.28. The molecule has 40 heavy (non-hydrogen) atoms. The molecule has 0 aliphatic carbocycles. The topological polar surface area (TPSA) is 54.8 Å². The standard InChI is InChI=1S/C36H21N3O/c37-21-26-22-38-18-17-28(26)25-9-5-7-23(19-25)24-8-6-10-27(20-24)39-31-13-3-1-11-29(31)35-32(39)15-16-34-36(35)30-12-2-4-14-33(30)40-34/h1-20,22H. The van der Waals surface area contributed by atoms with E-state index in [2.05, 4.69) is 101 Å². The smallest absolute Gasteiger partial charge is 0.136 e. The fourth-order valence-corrected chi connectivity index (χ4v) is 5.98. The summed E-state index contributed by atoms with van der Waals surface area (Å²) in [6.45, 7) is 0. The first kappa shape index (κ1) is 22.3. The van der Waals surface area contributed by atoms with Crippen molar-refractivity contribution >= 4 is 43.7 Å². The molecule has 0 amide bonds. The highest BCUT2D eigenvalue weighted by molar-refractivity contribution is 6.27. The van der Waals surface area contributed by atoms with E-state index in [1.807, 2.05) is 30.3 Å². The molecule has 0 aliphatic heterocycles. The molecular weight excluding hydrogens is 490 g/mol. The highest BCUT2D eigenvalue weighted by Crippen LogP contribution is 2.41. The van der Waals surface area contributed by atoms with Crippen molar-refractivity contribution in [3.63, 3.8) is 0 Å². The van der Waals surface area contributed by atoms with Crippen LogP contribution in [0.2, 0.25) is 0 Å². The minimum atomic E-state index is 0.566. The second-order valence-electron chi connectivity index (χ2n) is 9.95. The van der Waals surface area contributed by atoms with Crippen molar-refractivity contribution in [1.29, 1.82) is 5.26 Å². The summed E-state index contributed by atoms with van der Waals surface area (Å²) in [7, 11) is 0. The molecule has 0 bridgehead atoms.